The van der Waals surface area contributed by atoms with Crippen molar-refractivity contribution in [2.24, 2.45) is 5.73 Å². The van der Waals surface area contributed by atoms with E-state index in [-0.39, 0.29) is 29.4 Å². The average molecular weight is 394 g/mol. The maximum atomic E-state index is 12.3. The highest BCUT2D eigenvalue weighted by atomic mass is 16.5. The lowest BCUT2D eigenvalue weighted by Gasteiger charge is -2.16. The molecular formula is C19H18N6O4. The molecule has 10 heteroatoms. The summed E-state index contributed by atoms with van der Waals surface area (Å²) in [6, 6.07) is 8.57. The molecule has 3 aromatic rings. The molecule has 29 heavy (non-hydrogen) atoms. The summed E-state index contributed by atoms with van der Waals surface area (Å²) in [4.78, 5) is 33.4. The van der Waals surface area contributed by atoms with Gasteiger partial charge in [-0.3, -0.25) is 9.59 Å². The quantitative estimate of drug-likeness (QED) is 0.577. The Morgan fingerprint density at radius 3 is 2.76 bits per heavy atom. The first-order valence-corrected chi connectivity index (χ1v) is 8.78. The van der Waals surface area contributed by atoms with Crippen molar-refractivity contribution in [2.45, 2.75) is 12.0 Å². The lowest BCUT2D eigenvalue weighted by atomic mass is 9.98. The third-order valence-electron chi connectivity index (χ3n) is 4.89. The minimum absolute atomic E-state index is 0.0600. The van der Waals surface area contributed by atoms with Gasteiger partial charge in [-0.15, -0.1) is 0 Å². The van der Waals surface area contributed by atoms with E-state index in [1.165, 1.54) is 17.2 Å². The standard InChI is InChI=1S/C19H18N6O4/c1-25-6-5-19(28,18(25)27)14-8-13(24-29-14)10-3-2-4-11(7-10)17-22-9-12(20)15(23-17)16(21)26/h2-4,7-9,28H,5-6,20H2,1H3,(H2,21,26)/t19-/m1/s1. The van der Waals surface area contributed by atoms with Crippen molar-refractivity contribution in [1.29, 1.82) is 0 Å². The van der Waals surface area contributed by atoms with E-state index in [0.717, 1.165) is 0 Å². The van der Waals surface area contributed by atoms with E-state index in [1.54, 1.807) is 31.3 Å². The van der Waals surface area contributed by atoms with Crippen LogP contribution >= 0.6 is 0 Å². The highest BCUT2D eigenvalue weighted by Crippen LogP contribution is 2.35. The second-order valence-electron chi connectivity index (χ2n) is 6.86. The van der Waals surface area contributed by atoms with E-state index in [2.05, 4.69) is 15.1 Å². The maximum absolute atomic E-state index is 12.3. The van der Waals surface area contributed by atoms with Crippen LogP contribution in [0.25, 0.3) is 22.6 Å². The molecule has 1 aliphatic rings. The number of hydrogen-bond acceptors (Lipinski definition) is 8. The van der Waals surface area contributed by atoms with Crippen molar-refractivity contribution in [3.63, 3.8) is 0 Å². The number of aliphatic hydroxyl groups is 1. The lowest BCUT2D eigenvalue weighted by molar-refractivity contribution is -0.144. The molecule has 2 aromatic heterocycles. The van der Waals surface area contributed by atoms with Crippen LogP contribution in [0, 0.1) is 0 Å². The van der Waals surface area contributed by atoms with E-state index in [9.17, 15) is 14.7 Å². The van der Waals surface area contributed by atoms with Crippen molar-refractivity contribution in [2.75, 3.05) is 19.3 Å². The Morgan fingerprint density at radius 2 is 2.07 bits per heavy atom. The van der Waals surface area contributed by atoms with E-state index in [0.29, 0.717) is 23.4 Å². The van der Waals surface area contributed by atoms with Crippen LogP contribution in [0.2, 0.25) is 0 Å². The number of likely N-dealkylation sites (tertiary alicyclic amines) is 1. The van der Waals surface area contributed by atoms with Crippen LogP contribution in [0.3, 0.4) is 0 Å². The Balaban J connectivity index is 1.69. The number of benzene rings is 1. The first-order chi connectivity index (χ1) is 13.8. The van der Waals surface area contributed by atoms with Gasteiger partial charge in [0, 0.05) is 37.2 Å². The zero-order valence-corrected chi connectivity index (χ0v) is 15.5. The van der Waals surface area contributed by atoms with Gasteiger partial charge in [-0.1, -0.05) is 23.4 Å². The molecule has 1 saturated heterocycles. The molecule has 1 aliphatic heterocycles. The van der Waals surface area contributed by atoms with Gasteiger partial charge in [-0.2, -0.15) is 0 Å². The molecule has 4 rings (SSSR count). The van der Waals surface area contributed by atoms with E-state index in [4.69, 9.17) is 16.0 Å². The second kappa shape index (κ2) is 6.67. The maximum Gasteiger partial charge on any atom is 0.269 e. The Morgan fingerprint density at radius 1 is 1.31 bits per heavy atom. The molecule has 10 nitrogen and oxygen atoms in total. The molecule has 5 N–H and O–H groups in total. The third kappa shape index (κ3) is 3.09. The number of nitrogens with two attached hydrogens (primary N) is 2. The van der Waals surface area contributed by atoms with Gasteiger partial charge >= 0.3 is 0 Å². The number of likely N-dealkylation sites (N-methyl/N-ethyl adjacent to an activating group) is 1. The summed E-state index contributed by atoms with van der Waals surface area (Å²) in [5.41, 5.74) is 11.0. The Bertz CT molecular complexity index is 1130. The molecule has 148 valence electrons. The molecule has 1 aromatic carbocycles. The number of carbonyl (C=O) groups excluding carboxylic acids is 2. The number of rotatable bonds is 4. The lowest BCUT2D eigenvalue weighted by Crippen LogP contribution is -2.35. The zero-order chi connectivity index (χ0) is 20.8. The van der Waals surface area contributed by atoms with Crippen LogP contribution < -0.4 is 11.5 Å². The number of hydrogen-bond donors (Lipinski definition) is 3. The molecule has 2 amide bonds. The minimum atomic E-state index is -1.71. The van der Waals surface area contributed by atoms with Gasteiger partial charge in [-0.25, -0.2) is 9.97 Å². The Hall–Kier alpha value is -3.79. The van der Waals surface area contributed by atoms with Crippen LogP contribution in [-0.2, 0) is 10.4 Å². The number of primary amides is 1. The average Bonchev–Trinajstić information content (AvgIpc) is 3.31. The fourth-order valence-electron chi connectivity index (χ4n) is 3.23. The largest absolute Gasteiger partial charge is 0.396 e. The van der Waals surface area contributed by atoms with Gasteiger partial charge in [0.15, 0.2) is 17.3 Å². The summed E-state index contributed by atoms with van der Waals surface area (Å²) in [6.45, 7) is 0.428. The van der Waals surface area contributed by atoms with Crippen LogP contribution in [0.15, 0.2) is 41.1 Å². The molecule has 1 fully saturated rings. The number of amides is 2. The molecule has 0 bridgehead atoms. The molecular weight excluding hydrogens is 376 g/mol. The van der Waals surface area contributed by atoms with Crippen LogP contribution in [0.5, 0.6) is 0 Å². The smallest absolute Gasteiger partial charge is 0.269 e. The second-order valence-corrected chi connectivity index (χ2v) is 6.86. The molecule has 0 unspecified atom stereocenters. The SMILES string of the molecule is CN1CC[C@@](O)(c2cc(-c3cccc(-c4ncc(N)c(C(N)=O)n4)c3)no2)C1=O. The van der Waals surface area contributed by atoms with Crippen LogP contribution in [-0.4, -0.2) is 50.5 Å². The summed E-state index contributed by atoms with van der Waals surface area (Å²) in [7, 11) is 1.62. The first kappa shape index (κ1) is 18.6. The molecule has 3 heterocycles. The number of aromatic nitrogens is 3. The molecule has 1 atom stereocenters. The summed E-state index contributed by atoms with van der Waals surface area (Å²) in [5.74, 6) is -0.817. The van der Waals surface area contributed by atoms with Gasteiger partial charge in [0.1, 0.15) is 5.69 Å². The van der Waals surface area contributed by atoms with Gasteiger partial charge in [0.25, 0.3) is 11.8 Å². The van der Waals surface area contributed by atoms with Crippen LogP contribution in [0.1, 0.15) is 22.7 Å². The van der Waals surface area contributed by atoms with Gasteiger partial charge in [-0.05, 0) is 6.07 Å². The minimum Gasteiger partial charge on any atom is -0.396 e. The fraction of sp³-hybridized carbons (Fsp3) is 0.211. The number of nitrogen functional groups attached to an aromatic ring is 1. The van der Waals surface area contributed by atoms with Crippen molar-refractivity contribution >= 4 is 17.5 Å². The van der Waals surface area contributed by atoms with E-state index >= 15 is 0 Å². The Kier molecular flexibility index (Phi) is 4.27. The van der Waals surface area contributed by atoms with Crippen molar-refractivity contribution in [3.05, 3.63) is 48.0 Å². The van der Waals surface area contributed by atoms with Crippen molar-refractivity contribution in [3.8, 4) is 22.6 Å². The molecule has 0 saturated carbocycles. The normalized spacial score (nSPS) is 19.0. The molecule has 0 radical (unpaired) electrons. The number of carbonyl (C=O) groups is 2. The van der Waals surface area contributed by atoms with Crippen molar-refractivity contribution in [1.82, 2.24) is 20.0 Å². The third-order valence-corrected chi connectivity index (χ3v) is 4.89. The fourth-order valence-corrected chi connectivity index (χ4v) is 3.23. The zero-order valence-electron chi connectivity index (χ0n) is 15.5. The highest BCUT2D eigenvalue weighted by molar-refractivity contribution is 5.96. The predicted octanol–water partition coefficient (Wildman–Crippen LogP) is 0.529. The molecule has 0 aliphatic carbocycles. The van der Waals surface area contributed by atoms with Gasteiger partial charge < -0.3 is 26.0 Å². The Labute approximate surface area is 165 Å². The summed E-state index contributed by atoms with van der Waals surface area (Å²) in [5, 5.41) is 14.7. The number of nitrogens with zero attached hydrogens (tertiary/aromatic N) is 4. The van der Waals surface area contributed by atoms with Gasteiger partial charge in [0.2, 0.25) is 5.60 Å². The summed E-state index contributed by atoms with van der Waals surface area (Å²) < 4.78 is 5.28. The van der Waals surface area contributed by atoms with Crippen LogP contribution in [0.4, 0.5) is 5.69 Å². The molecule has 0 spiro atoms. The summed E-state index contributed by atoms with van der Waals surface area (Å²) >= 11 is 0. The van der Waals surface area contributed by atoms with Gasteiger partial charge in [0.05, 0.1) is 11.9 Å². The van der Waals surface area contributed by atoms with E-state index < -0.39 is 17.4 Å². The predicted molar refractivity (Wildman–Crippen MR) is 102 cm³/mol. The monoisotopic (exact) mass is 394 g/mol. The topological polar surface area (TPSA) is 161 Å². The highest BCUT2D eigenvalue weighted by Gasteiger charge is 2.48. The first-order valence-electron chi connectivity index (χ1n) is 8.78. The van der Waals surface area contributed by atoms with Crippen molar-refractivity contribution < 1.29 is 19.2 Å². The van der Waals surface area contributed by atoms with E-state index in [1.807, 2.05) is 0 Å². The number of anilines is 1. The summed E-state index contributed by atoms with van der Waals surface area (Å²) in [6.07, 6.45) is 1.55.